The van der Waals surface area contributed by atoms with E-state index in [9.17, 15) is 5.11 Å². The normalized spacial score (nSPS) is 25.5. The van der Waals surface area contributed by atoms with Crippen molar-refractivity contribution in [2.75, 3.05) is 20.2 Å². The van der Waals surface area contributed by atoms with E-state index >= 15 is 0 Å². The molecule has 0 bridgehead atoms. The Morgan fingerprint density at radius 3 is 2.93 bits per heavy atom. The third kappa shape index (κ3) is 1.83. The molecule has 1 aliphatic heterocycles. The van der Waals surface area contributed by atoms with Crippen molar-refractivity contribution in [2.45, 2.75) is 12.0 Å². The number of nitrogens with one attached hydrogen (secondary N) is 1. The quantitative estimate of drug-likeness (QED) is 0.805. The van der Waals surface area contributed by atoms with Crippen molar-refractivity contribution in [3.63, 3.8) is 0 Å². The summed E-state index contributed by atoms with van der Waals surface area (Å²) in [5.74, 6) is 0.606. The third-order valence-electron chi connectivity index (χ3n) is 2.82. The fraction of sp³-hybridized carbons (Fsp3) is 0.455. The SMILES string of the molecule is COc1cccc(C2(O)CCNC2)c1Cl. The molecule has 3 nitrogen and oxygen atoms in total. The highest BCUT2D eigenvalue weighted by Gasteiger charge is 2.35. The van der Waals surface area contributed by atoms with Crippen molar-refractivity contribution in [3.8, 4) is 5.75 Å². The maximum atomic E-state index is 10.4. The first kappa shape index (κ1) is 10.7. The predicted molar refractivity (Wildman–Crippen MR) is 59.4 cm³/mol. The zero-order chi connectivity index (χ0) is 10.9. The van der Waals surface area contributed by atoms with E-state index in [4.69, 9.17) is 16.3 Å². The molecule has 1 unspecified atom stereocenters. The van der Waals surface area contributed by atoms with Crippen LogP contribution in [-0.4, -0.2) is 25.3 Å². The minimum atomic E-state index is -0.856. The number of methoxy groups -OCH3 is 1. The van der Waals surface area contributed by atoms with Crippen molar-refractivity contribution in [1.29, 1.82) is 0 Å². The lowest BCUT2D eigenvalue weighted by atomic mass is 9.93. The van der Waals surface area contributed by atoms with Gasteiger partial charge in [0.2, 0.25) is 0 Å². The molecule has 2 N–H and O–H groups in total. The summed E-state index contributed by atoms with van der Waals surface area (Å²) in [6, 6.07) is 5.48. The molecular formula is C11H14ClNO2. The van der Waals surface area contributed by atoms with Gasteiger partial charge in [0.1, 0.15) is 11.4 Å². The predicted octanol–water partition coefficient (Wildman–Crippen LogP) is 1.53. The molecule has 15 heavy (non-hydrogen) atoms. The minimum Gasteiger partial charge on any atom is -0.495 e. The van der Waals surface area contributed by atoms with Crippen LogP contribution in [0.3, 0.4) is 0 Å². The monoisotopic (exact) mass is 227 g/mol. The molecule has 82 valence electrons. The molecule has 2 rings (SSSR count). The Labute approximate surface area is 94.0 Å². The van der Waals surface area contributed by atoms with E-state index < -0.39 is 5.60 Å². The van der Waals surface area contributed by atoms with Gasteiger partial charge in [-0.15, -0.1) is 0 Å². The molecule has 0 spiro atoms. The van der Waals surface area contributed by atoms with Gasteiger partial charge in [0.05, 0.1) is 12.1 Å². The average Bonchev–Trinajstić information content (AvgIpc) is 2.66. The summed E-state index contributed by atoms with van der Waals surface area (Å²) >= 11 is 6.17. The molecule has 1 aromatic carbocycles. The highest BCUT2D eigenvalue weighted by Crippen LogP contribution is 2.37. The van der Waals surface area contributed by atoms with Gasteiger partial charge in [-0.1, -0.05) is 23.7 Å². The number of aliphatic hydroxyl groups is 1. The number of rotatable bonds is 2. The summed E-state index contributed by atoms with van der Waals surface area (Å²) in [5, 5.41) is 14.0. The van der Waals surface area contributed by atoms with Crippen molar-refractivity contribution in [3.05, 3.63) is 28.8 Å². The van der Waals surface area contributed by atoms with Gasteiger partial charge in [-0.2, -0.15) is 0 Å². The van der Waals surface area contributed by atoms with Crippen LogP contribution in [0.15, 0.2) is 18.2 Å². The van der Waals surface area contributed by atoms with Crippen LogP contribution < -0.4 is 10.1 Å². The third-order valence-corrected chi connectivity index (χ3v) is 3.21. The van der Waals surface area contributed by atoms with Gasteiger partial charge in [0.25, 0.3) is 0 Å². The van der Waals surface area contributed by atoms with Crippen LogP contribution in [0.25, 0.3) is 0 Å². The molecule has 1 heterocycles. The first-order chi connectivity index (χ1) is 7.17. The van der Waals surface area contributed by atoms with E-state index in [1.54, 1.807) is 13.2 Å². The number of hydrogen-bond donors (Lipinski definition) is 2. The maximum Gasteiger partial charge on any atom is 0.137 e. The lowest BCUT2D eigenvalue weighted by Gasteiger charge is -2.23. The lowest BCUT2D eigenvalue weighted by Crippen LogP contribution is -2.28. The second-order valence-electron chi connectivity index (χ2n) is 3.78. The zero-order valence-electron chi connectivity index (χ0n) is 8.59. The topological polar surface area (TPSA) is 41.5 Å². The summed E-state index contributed by atoms with van der Waals surface area (Å²) in [5.41, 5.74) is -0.112. The molecule has 0 aromatic heterocycles. The van der Waals surface area contributed by atoms with Crippen molar-refractivity contribution >= 4 is 11.6 Å². The van der Waals surface area contributed by atoms with E-state index in [1.807, 2.05) is 12.1 Å². The molecule has 1 aliphatic rings. The Hall–Kier alpha value is -0.770. The Bertz CT molecular complexity index is 362. The summed E-state index contributed by atoms with van der Waals surface area (Å²) in [6.07, 6.45) is 0.680. The first-order valence-electron chi connectivity index (χ1n) is 4.93. The van der Waals surface area contributed by atoms with Gasteiger partial charge in [-0.25, -0.2) is 0 Å². The van der Waals surface area contributed by atoms with Crippen LogP contribution in [0.1, 0.15) is 12.0 Å². The number of halogens is 1. The Morgan fingerprint density at radius 2 is 2.33 bits per heavy atom. The highest BCUT2D eigenvalue weighted by atomic mass is 35.5. The summed E-state index contributed by atoms with van der Waals surface area (Å²) in [7, 11) is 1.57. The van der Waals surface area contributed by atoms with Crippen LogP contribution in [0.2, 0.25) is 5.02 Å². The summed E-state index contributed by atoms with van der Waals surface area (Å²) < 4.78 is 5.13. The van der Waals surface area contributed by atoms with E-state index in [-0.39, 0.29) is 0 Å². The fourth-order valence-electron chi connectivity index (χ4n) is 1.94. The second kappa shape index (κ2) is 4.00. The van der Waals surface area contributed by atoms with Gasteiger partial charge in [0, 0.05) is 12.1 Å². The Balaban J connectivity index is 2.43. The van der Waals surface area contributed by atoms with Crippen LogP contribution >= 0.6 is 11.6 Å². The zero-order valence-corrected chi connectivity index (χ0v) is 9.34. The van der Waals surface area contributed by atoms with E-state index in [0.29, 0.717) is 23.7 Å². The van der Waals surface area contributed by atoms with Crippen LogP contribution in [0.5, 0.6) is 5.75 Å². The van der Waals surface area contributed by atoms with Gasteiger partial charge >= 0.3 is 0 Å². The maximum absolute atomic E-state index is 10.4. The first-order valence-corrected chi connectivity index (χ1v) is 5.31. The van der Waals surface area contributed by atoms with Crippen LogP contribution in [0.4, 0.5) is 0 Å². The van der Waals surface area contributed by atoms with Crippen molar-refractivity contribution in [2.24, 2.45) is 0 Å². The smallest absolute Gasteiger partial charge is 0.137 e. The standard InChI is InChI=1S/C11H14ClNO2/c1-15-9-4-2-3-8(10(9)12)11(14)5-6-13-7-11/h2-4,13-14H,5-7H2,1H3. The highest BCUT2D eigenvalue weighted by molar-refractivity contribution is 6.33. The molecule has 4 heteroatoms. The molecule has 0 amide bonds. The molecule has 1 atom stereocenters. The van der Waals surface area contributed by atoms with Crippen LogP contribution in [-0.2, 0) is 5.60 Å². The summed E-state index contributed by atoms with van der Waals surface area (Å²) in [6.45, 7) is 1.35. The number of benzene rings is 1. The molecular weight excluding hydrogens is 214 g/mol. The second-order valence-corrected chi connectivity index (χ2v) is 4.16. The molecule has 0 aliphatic carbocycles. The Kier molecular flexibility index (Phi) is 2.87. The van der Waals surface area contributed by atoms with Gasteiger partial charge in [-0.05, 0) is 19.0 Å². The largest absolute Gasteiger partial charge is 0.495 e. The molecule has 1 saturated heterocycles. The molecule has 0 radical (unpaired) electrons. The lowest BCUT2D eigenvalue weighted by molar-refractivity contribution is 0.0586. The van der Waals surface area contributed by atoms with E-state index in [0.717, 1.165) is 12.1 Å². The number of hydrogen-bond acceptors (Lipinski definition) is 3. The number of β-amino-alcohol motifs (C(OH)–C–C–N with tert-alkyl or cyclic N) is 1. The van der Waals surface area contributed by atoms with Gasteiger partial charge < -0.3 is 15.2 Å². The average molecular weight is 228 g/mol. The number of ether oxygens (including phenoxy) is 1. The molecule has 1 fully saturated rings. The minimum absolute atomic E-state index is 0.506. The fourth-order valence-corrected chi connectivity index (χ4v) is 2.32. The van der Waals surface area contributed by atoms with Gasteiger partial charge in [0.15, 0.2) is 0 Å². The molecule has 1 aromatic rings. The molecule has 0 saturated carbocycles. The van der Waals surface area contributed by atoms with Crippen LogP contribution in [0, 0.1) is 0 Å². The van der Waals surface area contributed by atoms with E-state index in [1.165, 1.54) is 0 Å². The summed E-state index contributed by atoms with van der Waals surface area (Å²) in [4.78, 5) is 0. The van der Waals surface area contributed by atoms with Crippen molar-refractivity contribution < 1.29 is 9.84 Å². The van der Waals surface area contributed by atoms with E-state index in [2.05, 4.69) is 5.32 Å². The van der Waals surface area contributed by atoms with Gasteiger partial charge in [-0.3, -0.25) is 0 Å². The van der Waals surface area contributed by atoms with Crippen molar-refractivity contribution in [1.82, 2.24) is 5.32 Å². The Morgan fingerprint density at radius 1 is 1.53 bits per heavy atom.